The van der Waals surface area contributed by atoms with Crippen molar-refractivity contribution in [3.05, 3.63) is 54.6 Å². The van der Waals surface area contributed by atoms with Crippen LogP contribution in [0.2, 0.25) is 0 Å². The summed E-state index contributed by atoms with van der Waals surface area (Å²) in [7, 11) is -3.94. The van der Waals surface area contributed by atoms with Crippen LogP contribution in [0.1, 0.15) is 12.0 Å². The van der Waals surface area contributed by atoms with Crippen molar-refractivity contribution in [1.82, 2.24) is 0 Å². The maximum Gasteiger partial charge on any atom is 0.264 e. The number of fused-ring (bicyclic) bond motifs is 2. The predicted molar refractivity (Wildman–Crippen MR) is 95.1 cm³/mol. The molecule has 0 fully saturated rings. The summed E-state index contributed by atoms with van der Waals surface area (Å²) in [6, 6.07) is 14.2. The van der Waals surface area contributed by atoms with Crippen molar-refractivity contribution in [2.45, 2.75) is 16.2 Å². The second-order valence-electron chi connectivity index (χ2n) is 5.29. The molecule has 0 aliphatic carbocycles. The summed E-state index contributed by atoms with van der Waals surface area (Å²) in [5.41, 5.74) is 3.16. The fraction of sp³-hybridized carbons (Fsp3) is 0.176. The molecule has 1 aliphatic heterocycles. The summed E-state index contributed by atoms with van der Waals surface area (Å²) < 4.78 is 30.9. The van der Waals surface area contributed by atoms with Crippen LogP contribution in [0.15, 0.2) is 58.8 Å². The topological polar surface area (TPSA) is 57.6 Å². The fourth-order valence-corrected chi connectivity index (χ4v) is 4.26. The molecule has 6 heteroatoms. The molecular formula is C17H17NO3S2. The highest BCUT2D eigenvalue weighted by Crippen LogP contribution is 2.48. The van der Waals surface area contributed by atoms with Gasteiger partial charge in [-0.2, -0.15) is 8.42 Å². The van der Waals surface area contributed by atoms with E-state index < -0.39 is 10.1 Å². The molecule has 4 nitrogen and oxygen atoms in total. The number of rotatable bonds is 5. The van der Waals surface area contributed by atoms with Gasteiger partial charge in [-0.05, 0) is 36.2 Å². The molecule has 0 atom stereocenters. The van der Waals surface area contributed by atoms with Crippen molar-refractivity contribution < 1.29 is 13.0 Å². The maximum atomic E-state index is 11.0. The molecule has 2 aromatic rings. The van der Waals surface area contributed by atoms with E-state index in [1.54, 1.807) is 11.8 Å². The van der Waals surface area contributed by atoms with Crippen LogP contribution in [0, 0.1) is 0 Å². The Morgan fingerprint density at radius 1 is 1.13 bits per heavy atom. The number of nitrogens with zero attached hydrogens (tertiary/aromatic N) is 1. The molecule has 0 aromatic heterocycles. The van der Waals surface area contributed by atoms with Gasteiger partial charge in [0.25, 0.3) is 10.1 Å². The Kier molecular flexibility index (Phi) is 4.48. The molecule has 0 spiro atoms. The van der Waals surface area contributed by atoms with E-state index in [0.29, 0.717) is 13.0 Å². The highest BCUT2D eigenvalue weighted by Gasteiger charge is 2.23. The van der Waals surface area contributed by atoms with Crippen LogP contribution >= 0.6 is 11.8 Å². The van der Waals surface area contributed by atoms with Gasteiger partial charge in [0.05, 0.1) is 17.1 Å². The lowest BCUT2D eigenvalue weighted by Gasteiger charge is -2.33. The lowest BCUT2D eigenvalue weighted by Crippen LogP contribution is -2.23. The minimum atomic E-state index is -3.94. The largest absolute Gasteiger partial charge is 0.340 e. The molecule has 23 heavy (non-hydrogen) atoms. The van der Waals surface area contributed by atoms with Crippen LogP contribution in [-0.4, -0.2) is 25.3 Å². The van der Waals surface area contributed by atoms with Gasteiger partial charge < -0.3 is 4.90 Å². The van der Waals surface area contributed by atoms with Crippen LogP contribution in [0.25, 0.3) is 6.08 Å². The van der Waals surface area contributed by atoms with Crippen LogP contribution in [0.4, 0.5) is 11.4 Å². The Balaban J connectivity index is 1.95. The van der Waals surface area contributed by atoms with Gasteiger partial charge in [0.1, 0.15) is 0 Å². The second-order valence-corrected chi connectivity index (χ2v) is 7.95. The van der Waals surface area contributed by atoms with Crippen molar-refractivity contribution in [3.63, 3.8) is 0 Å². The number of hydrogen-bond acceptors (Lipinski definition) is 4. The molecule has 0 saturated carbocycles. The highest BCUT2D eigenvalue weighted by molar-refractivity contribution is 7.99. The first kappa shape index (κ1) is 16.1. The lowest BCUT2D eigenvalue weighted by atomic mass is 10.1. The molecule has 1 aliphatic rings. The summed E-state index contributed by atoms with van der Waals surface area (Å²) in [6.07, 6.45) is 2.17. The molecule has 1 heterocycles. The van der Waals surface area contributed by atoms with Gasteiger partial charge in [-0.15, -0.1) is 0 Å². The van der Waals surface area contributed by atoms with Crippen molar-refractivity contribution in [2.24, 2.45) is 0 Å². The quantitative estimate of drug-likeness (QED) is 0.821. The first-order valence-electron chi connectivity index (χ1n) is 7.24. The summed E-state index contributed by atoms with van der Waals surface area (Å²) in [5.74, 6) is -0.237. The van der Waals surface area contributed by atoms with Crippen LogP contribution in [0.3, 0.4) is 0 Å². The smallest absolute Gasteiger partial charge is 0.264 e. The van der Waals surface area contributed by atoms with Crippen LogP contribution in [-0.2, 0) is 10.1 Å². The van der Waals surface area contributed by atoms with Crippen LogP contribution < -0.4 is 4.90 Å². The second kappa shape index (κ2) is 6.39. The average Bonchev–Trinajstić information content (AvgIpc) is 2.52. The van der Waals surface area contributed by atoms with Gasteiger partial charge in [0.2, 0.25) is 0 Å². The third-order valence-electron chi connectivity index (χ3n) is 3.67. The lowest BCUT2D eigenvalue weighted by molar-refractivity contribution is 0.481. The molecule has 0 radical (unpaired) electrons. The van der Waals surface area contributed by atoms with Crippen LogP contribution in [0.5, 0.6) is 0 Å². The predicted octanol–water partition coefficient (Wildman–Crippen LogP) is 4.21. The third kappa shape index (κ3) is 3.60. The average molecular weight is 347 g/mol. The molecule has 1 N–H and O–H groups in total. The highest BCUT2D eigenvalue weighted by atomic mass is 32.2. The Hall–Kier alpha value is -1.76. The Bertz CT molecular complexity index is 847. The molecule has 0 unspecified atom stereocenters. The van der Waals surface area contributed by atoms with E-state index >= 15 is 0 Å². The van der Waals surface area contributed by atoms with Crippen molar-refractivity contribution in [3.8, 4) is 0 Å². The molecule has 2 aromatic carbocycles. The van der Waals surface area contributed by atoms with Gasteiger partial charge in [0, 0.05) is 16.3 Å². The Morgan fingerprint density at radius 3 is 2.61 bits per heavy atom. The molecule has 0 bridgehead atoms. The first-order chi connectivity index (χ1) is 11.0. The number of hydrogen-bond donors (Lipinski definition) is 1. The van der Waals surface area contributed by atoms with Gasteiger partial charge in [-0.25, -0.2) is 0 Å². The number of para-hydroxylation sites is 1. The summed E-state index contributed by atoms with van der Waals surface area (Å²) in [4.78, 5) is 4.36. The molecule has 0 amide bonds. The van der Waals surface area contributed by atoms with E-state index in [-0.39, 0.29) is 5.75 Å². The fourth-order valence-electron chi connectivity index (χ4n) is 2.62. The van der Waals surface area contributed by atoms with E-state index in [0.717, 1.165) is 26.7 Å². The van der Waals surface area contributed by atoms with E-state index in [1.165, 1.54) is 0 Å². The first-order valence-corrected chi connectivity index (χ1v) is 9.66. The van der Waals surface area contributed by atoms with Gasteiger partial charge in [0.15, 0.2) is 0 Å². The monoisotopic (exact) mass is 347 g/mol. The molecular weight excluding hydrogens is 330 g/mol. The van der Waals surface area contributed by atoms with Gasteiger partial charge in [-0.1, -0.05) is 42.6 Å². The van der Waals surface area contributed by atoms with Gasteiger partial charge >= 0.3 is 0 Å². The van der Waals surface area contributed by atoms with Crippen molar-refractivity contribution in [2.75, 3.05) is 17.2 Å². The SMILES string of the molecule is C=Cc1ccc2c(c1)Sc1ccccc1N2CCCS(=O)(=O)O. The normalized spacial score (nSPS) is 13.3. The van der Waals surface area contributed by atoms with E-state index in [4.69, 9.17) is 4.55 Å². The maximum absolute atomic E-state index is 11.0. The summed E-state index contributed by atoms with van der Waals surface area (Å²) in [6.45, 7) is 4.33. The van der Waals surface area contributed by atoms with E-state index in [2.05, 4.69) is 23.6 Å². The summed E-state index contributed by atoms with van der Waals surface area (Å²) >= 11 is 1.70. The minimum Gasteiger partial charge on any atom is -0.340 e. The van der Waals surface area contributed by atoms with Crippen molar-refractivity contribution in [1.29, 1.82) is 0 Å². The zero-order chi connectivity index (χ0) is 16.4. The van der Waals surface area contributed by atoms with E-state index in [9.17, 15) is 8.42 Å². The molecule has 3 rings (SSSR count). The number of benzene rings is 2. The standard InChI is InChI=1S/C17H17NO3S2/c1-2-13-8-9-15-17(12-13)22-16-7-4-3-6-14(16)18(15)10-5-11-23(19,20)21/h2-4,6-9,12H,1,5,10-11H2,(H,19,20,21). The third-order valence-corrected chi connectivity index (χ3v) is 5.59. The zero-order valence-electron chi connectivity index (χ0n) is 12.5. The minimum absolute atomic E-state index is 0.237. The summed E-state index contributed by atoms with van der Waals surface area (Å²) in [5, 5.41) is 0. The number of anilines is 2. The Labute approximate surface area is 140 Å². The molecule has 0 saturated heterocycles. The van der Waals surface area contributed by atoms with Gasteiger partial charge in [-0.3, -0.25) is 4.55 Å². The van der Waals surface area contributed by atoms with Crippen molar-refractivity contribution >= 4 is 39.3 Å². The Morgan fingerprint density at radius 2 is 1.87 bits per heavy atom. The van der Waals surface area contributed by atoms with E-state index in [1.807, 2.05) is 36.4 Å². The molecule has 120 valence electrons. The zero-order valence-corrected chi connectivity index (χ0v) is 14.1.